The molecular weight excluding hydrogens is 348 g/mol. The van der Waals surface area contributed by atoms with Gasteiger partial charge in [-0.25, -0.2) is 4.98 Å². The van der Waals surface area contributed by atoms with Gasteiger partial charge in [0.1, 0.15) is 4.34 Å². The lowest BCUT2D eigenvalue weighted by atomic mass is 10.0. The molecule has 1 aromatic carbocycles. The molecule has 1 amide bonds. The second-order valence-corrected chi connectivity index (χ2v) is 9.25. The van der Waals surface area contributed by atoms with Crippen molar-refractivity contribution in [2.75, 3.05) is 0 Å². The molecule has 0 aliphatic heterocycles. The van der Waals surface area contributed by atoms with Crippen molar-refractivity contribution in [3.8, 4) is 0 Å². The normalized spacial score (nSPS) is 15.4. The largest absolute Gasteiger partial charge is 0.333 e. The number of hydrogen-bond donors (Lipinski definition) is 0. The first kappa shape index (κ1) is 18.5. The molecular formula is C20H26N2OS2. The van der Waals surface area contributed by atoms with Crippen LogP contribution in [0, 0.1) is 12.8 Å². The molecule has 1 unspecified atom stereocenters. The highest BCUT2D eigenvalue weighted by Gasteiger charge is 2.36. The fraction of sp³-hybridized carbons (Fsp3) is 0.500. The monoisotopic (exact) mass is 374 g/mol. The average molecular weight is 375 g/mol. The van der Waals surface area contributed by atoms with Gasteiger partial charge in [-0.2, -0.15) is 0 Å². The minimum Gasteiger partial charge on any atom is -0.333 e. The van der Waals surface area contributed by atoms with Crippen LogP contribution in [0.3, 0.4) is 0 Å². The fourth-order valence-electron chi connectivity index (χ4n) is 2.79. The first-order chi connectivity index (χ1) is 12.0. The smallest absolute Gasteiger partial charge is 0.254 e. The Morgan fingerprint density at radius 2 is 1.96 bits per heavy atom. The van der Waals surface area contributed by atoms with Crippen LogP contribution < -0.4 is 0 Å². The van der Waals surface area contributed by atoms with Gasteiger partial charge < -0.3 is 4.90 Å². The number of aryl methyl sites for hydroxylation is 1. The molecule has 1 aliphatic rings. The number of amides is 1. The van der Waals surface area contributed by atoms with E-state index in [1.807, 2.05) is 19.1 Å². The van der Waals surface area contributed by atoms with Crippen molar-refractivity contribution in [3.63, 3.8) is 0 Å². The standard InChI is InChI=1S/C20H26N2OS2/c1-13(2)15(4)22(18-9-10-18)19(23)17-7-5-16(6-8-17)12-25-20-21-14(3)11-24-20/h5-8,11,13,15,18H,9-10,12H2,1-4H3. The van der Waals surface area contributed by atoms with Crippen LogP contribution in [0.5, 0.6) is 0 Å². The quantitative estimate of drug-likeness (QED) is 0.609. The molecule has 1 atom stereocenters. The van der Waals surface area contributed by atoms with Crippen molar-refractivity contribution >= 4 is 29.0 Å². The number of aromatic nitrogens is 1. The number of carbonyl (C=O) groups excluding carboxylic acids is 1. The molecule has 3 rings (SSSR count). The van der Waals surface area contributed by atoms with Crippen molar-refractivity contribution in [1.29, 1.82) is 0 Å². The number of thiazole rings is 1. The van der Waals surface area contributed by atoms with E-state index in [0.717, 1.165) is 34.2 Å². The summed E-state index contributed by atoms with van der Waals surface area (Å²) < 4.78 is 1.10. The molecule has 1 fully saturated rings. The van der Waals surface area contributed by atoms with Gasteiger partial charge in [-0.15, -0.1) is 11.3 Å². The second-order valence-electron chi connectivity index (χ2n) is 7.17. The third-order valence-electron chi connectivity index (χ3n) is 4.74. The third-order valence-corrected chi connectivity index (χ3v) is 6.95. The SMILES string of the molecule is Cc1csc(SCc2ccc(C(=O)N(C3CC3)C(C)C(C)C)cc2)n1. The Labute approximate surface area is 158 Å². The fourth-order valence-corrected chi connectivity index (χ4v) is 4.60. The van der Waals surface area contributed by atoms with Crippen LogP contribution in [0.4, 0.5) is 0 Å². The number of thioether (sulfide) groups is 1. The molecule has 0 saturated heterocycles. The Morgan fingerprint density at radius 1 is 1.28 bits per heavy atom. The van der Waals surface area contributed by atoms with Crippen molar-refractivity contribution in [2.24, 2.45) is 5.92 Å². The zero-order chi connectivity index (χ0) is 18.0. The molecule has 0 spiro atoms. The van der Waals surface area contributed by atoms with E-state index in [1.54, 1.807) is 23.1 Å². The maximum atomic E-state index is 13.0. The van der Waals surface area contributed by atoms with Crippen molar-refractivity contribution in [3.05, 3.63) is 46.5 Å². The van der Waals surface area contributed by atoms with E-state index in [1.165, 1.54) is 5.56 Å². The summed E-state index contributed by atoms with van der Waals surface area (Å²) in [6, 6.07) is 8.83. The molecule has 1 heterocycles. The first-order valence-corrected chi connectivity index (χ1v) is 10.8. The molecule has 0 bridgehead atoms. The number of rotatable bonds is 7. The summed E-state index contributed by atoms with van der Waals surface area (Å²) in [6.07, 6.45) is 2.29. The van der Waals surface area contributed by atoms with Crippen LogP contribution in [-0.2, 0) is 5.75 Å². The molecule has 1 aromatic heterocycles. The molecule has 5 heteroatoms. The van der Waals surface area contributed by atoms with Crippen molar-refractivity contribution in [2.45, 2.75) is 62.7 Å². The Kier molecular flexibility index (Phi) is 5.85. The highest BCUT2D eigenvalue weighted by atomic mass is 32.2. The Balaban J connectivity index is 1.65. The summed E-state index contributed by atoms with van der Waals surface area (Å²) in [7, 11) is 0. The van der Waals surface area contributed by atoms with Gasteiger partial charge in [-0.05, 0) is 50.3 Å². The molecule has 25 heavy (non-hydrogen) atoms. The van der Waals surface area contributed by atoms with E-state index in [-0.39, 0.29) is 11.9 Å². The molecule has 134 valence electrons. The zero-order valence-electron chi connectivity index (χ0n) is 15.4. The van der Waals surface area contributed by atoms with Gasteiger partial charge in [0.25, 0.3) is 5.91 Å². The summed E-state index contributed by atoms with van der Waals surface area (Å²) in [5, 5.41) is 2.08. The molecule has 3 nitrogen and oxygen atoms in total. The van der Waals surface area contributed by atoms with Gasteiger partial charge in [-0.1, -0.05) is 37.7 Å². The highest BCUT2D eigenvalue weighted by Crippen LogP contribution is 2.32. The average Bonchev–Trinajstić information content (AvgIpc) is 3.34. The minimum atomic E-state index is 0.179. The van der Waals surface area contributed by atoms with E-state index in [4.69, 9.17) is 0 Å². The number of carbonyl (C=O) groups is 1. The van der Waals surface area contributed by atoms with E-state index >= 15 is 0 Å². The van der Waals surface area contributed by atoms with Gasteiger partial charge >= 0.3 is 0 Å². The van der Waals surface area contributed by atoms with Gasteiger partial charge in [-0.3, -0.25) is 4.79 Å². The van der Waals surface area contributed by atoms with Gasteiger partial charge in [0.2, 0.25) is 0 Å². The second kappa shape index (κ2) is 7.92. The summed E-state index contributed by atoms with van der Waals surface area (Å²) in [5.74, 6) is 1.54. The van der Waals surface area contributed by atoms with Gasteiger partial charge in [0, 0.05) is 34.5 Å². The predicted octanol–water partition coefficient (Wildman–Crippen LogP) is 5.39. The van der Waals surface area contributed by atoms with E-state index in [2.05, 4.69) is 48.2 Å². The van der Waals surface area contributed by atoms with Gasteiger partial charge in [0.15, 0.2) is 0 Å². The molecule has 1 aliphatic carbocycles. The van der Waals surface area contributed by atoms with Crippen LogP contribution in [0.25, 0.3) is 0 Å². The third kappa shape index (κ3) is 4.64. The molecule has 1 saturated carbocycles. The lowest BCUT2D eigenvalue weighted by molar-refractivity contribution is 0.0628. The van der Waals surface area contributed by atoms with E-state index in [0.29, 0.717) is 12.0 Å². The molecule has 2 aromatic rings. The van der Waals surface area contributed by atoms with E-state index in [9.17, 15) is 4.79 Å². The predicted molar refractivity (Wildman–Crippen MR) is 106 cm³/mol. The van der Waals surface area contributed by atoms with Crippen molar-refractivity contribution in [1.82, 2.24) is 9.88 Å². The van der Waals surface area contributed by atoms with Crippen LogP contribution in [0.1, 0.15) is 55.2 Å². The zero-order valence-corrected chi connectivity index (χ0v) is 17.0. The topological polar surface area (TPSA) is 33.2 Å². The molecule has 0 N–H and O–H groups in total. The molecule has 0 radical (unpaired) electrons. The maximum absolute atomic E-state index is 13.0. The Morgan fingerprint density at radius 3 is 2.48 bits per heavy atom. The van der Waals surface area contributed by atoms with Crippen LogP contribution in [-0.4, -0.2) is 27.9 Å². The van der Waals surface area contributed by atoms with Crippen LogP contribution >= 0.6 is 23.1 Å². The van der Waals surface area contributed by atoms with Gasteiger partial charge in [0.05, 0.1) is 0 Å². The highest BCUT2D eigenvalue weighted by molar-refractivity contribution is 8.00. The number of benzene rings is 1. The van der Waals surface area contributed by atoms with Crippen molar-refractivity contribution < 1.29 is 4.79 Å². The number of hydrogen-bond acceptors (Lipinski definition) is 4. The minimum absolute atomic E-state index is 0.179. The van der Waals surface area contributed by atoms with E-state index < -0.39 is 0 Å². The summed E-state index contributed by atoms with van der Waals surface area (Å²) in [6.45, 7) is 8.56. The lowest BCUT2D eigenvalue weighted by Crippen LogP contribution is -2.43. The Bertz CT molecular complexity index is 720. The summed E-state index contributed by atoms with van der Waals surface area (Å²) in [4.78, 5) is 19.6. The Hall–Kier alpha value is -1.33. The summed E-state index contributed by atoms with van der Waals surface area (Å²) in [5.41, 5.74) is 3.11. The summed E-state index contributed by atoms with van der Waals surface area (Å²) >= 11 is 3.44. The number of nitrogens with zero attached hydrogens (tertiary/aromatic N) is 2. The first-order valence-electron chi connectivity index (χ1n) is 8.92. The van der Waals surface area contributed by atoms with Crippen LogP contribution in [0.2, 0.25) is 0 Å². The maximum Gasteiger partial charge on any atom is 0.254 e. The lowest BCUT2D eigenvalue weighted by Gasteiger charge is -2.32. The van der Waals surface area contributed by atoms with Crippen LogP contribution in [0.15, 0.2) is 34.0 Å².